The van der Waals surface area contributed by atoms with Crippen LogP contribution in [0.15, 0.2) is 52.1 Å². The van der Waals surface area contributed by atoms with Crippen LogP contribution in [0.2, 0.25) is 5.02 Å². The molecule has 198 valence electrons. The molecule has 0 aliphatic heterocycles. The lowest BCUT2D eigenvalue weighted by Gasteiger charge is -2.16. The quantitative estimate of drug-likeness (QED) is 0.232. The molecule has 0 bridgehead atoms. The Morgan fingerprint density at radius 3 is 2.35 bits per heavy atom. The molecule has 0 spiro atoms. The van der Waals surface area contributed by atoms with E-state index in [1.54, 1.807) is 19.1 Å². The fraction of sp³-hybridized carbons (Fsp3) is 0.292. The molecule has 1 atom stereocenters. The Morgan fingerprint density at radius 2 is 1.73 bits per heavy atom. The molecule has 0 N–H and O–H groups in total. The second kappa shape index (κ2) is 11.2. The van der Waals surface area contributed by atoms with E-state index >= 15 is 0 Å². The minimum atomic E-state index is -4.98. The van der Waals surface area contributed by atoms with Crippen LogP contribution in [-0.2, 0) is 22.8 Å². The SMILES string of the molecule is COCC(C)CC(=O)Oc1ccccc1Oc1cc(-n2c(=O)cc(C(F)(F)F)n(C)c2=O)c(F)cc1Cl. The van der Waals surface area contributed by atoms with E-state index in [-0.39, 0.29) is 49.8 Å². The summed E-state index contributed by atoms with van der Waals surface area (Å²) in [6.07, 6.45) is -4.94. The molecule has 0 amide bonds. The Hall–Kier alpha value is -3.64. The van der Waals surface area contributed by atoms with Crippen LogP contribution in [0.4, 0.5) is 17.6 Å². The molecule has 37 heavy (non-hydrogen) atoms. The van der Waals surface area contributed by atoms with Crippen molar-refractivity contribution in [3.63, 3.8) is 0 Å². The predicted octanol–water partition coefficient (Wildman–Crippen LogP) is 4.72. The average molecular weight is 545 g/mol. The Kier molecular flexibility index (Phi) is 8.44. The van der Waals surface area contributed by atoms with E-state index in [0.717, 1.165) is 19.2 Å². The summed E-state index contributed by atoms with van der Waals surface area (Å²) in [5.41, 5.74) is -5.05. The Morgan fingerprint density at radius 1 is 1.08 bits per heavy atom. The molecule has 1 unspecified atom stereocenters. The van der Waals surface area contributed by atoms with Crippen LogP contribution in [0.5, 0.6) is 17.2 Å². The molecule has 8 nitrogen and oxygen atoms in total. The maximum Gasteiger partial charge on any atom is 0.431 e. The molecule has 13 heteroatoms. The summed E-state index contributed by atoms with van der Waals surface area (Å²) in [5, 5.41) is -0.284. The van der Waals surface area contributed by atoms with Crippen LogP contribution < -0.4 is 20.7 Å². The number of benzene rings is 2. The minimum absolute atomic E-state index is 0.00155. The standard InChI is InChI=1S/C24H21ClF4N2O6/c1-13(12-35-3)8-22(33)37-18-7-5-4-6-17(18)36-19-10-16(15(26)9-14(19)25)31-21(32)11-20(24(27,28)29)30(2)23(31)34/h4-7,9-11,13H,8,12H2,1-3H3. The van der Waals surface area contributed by atoms with Gasteiger partial charge in [0.05, 0.1) is 17.1 Å². The number of hydrogen-bond acceptors (Lipinski definition) is 6. The summed E-state index contributed by atoms with van der Waals surface area (Å²) in [7, 11) is 2.30. The molecule has 1 aromatic heterocycles. The lowest BCUT2D eigenvalue weighted by Crippen LogP contribution is -2.41. The van der Waals surface area contributed by atoms with Crippen LogP contribution in [0.1, 0.15) is 19.0 Å². The third kappa shape index (κ3) is 6.38. The highest BCUT2D eigenvalue weighted by molar-refractivity contribution is 6.32. The summed E-state index contributed by atoms with van der Waals surface area (Å²) in [6, 6.07) is 7.76. The number of alkyl halides is 3. The number of para-hydroxylation sites is 2. The van der Waals surface area contributed by atoms with Crippen molar-refractivity contribution in [2.45, 2.75) is 19.5 Å². The van der Waals surface area contributed by atoms with E-state index in [1.165, 1.54) is 19.2 Å². The van der Waals surface area contributed by atoms with Crippen molar-refractivity contribution in [1.82, 2.24) is 9.13 Å². The third-order valence-electron chi connectivity index (χ3n) is 5.11. The van der Waals surface area contributed by atoms with E-state index < -0.39 is 40.6 Å². The van der Waals surface area contributed by atoms with Gasteiger partial charge in [-0.2, -0.15) is 13.2 Å². The fourth-order valence-corrected chi connectivity index (χ4v) is 3.61. The number of methoxy groups -OCH3 is 1. The maximum atomic E-state index is 14.8. The van der Waals surface area contributed by atoms with Crippen LogP contribution in [0, 0.1) is 11.7 Å². The number of carbonyl (C=O) groups excluding carboxylic acids is 1. The number of esters is 1. The Bertz CT molecular complexity index is 1430. The van der Waals surface area contributed by atoms with Gasteiger partial charge in [-0.05, 0) is 24.1 Å². The van der Waals surface area contributed by atoms with Crippen LogP contribution in [0.25, 0.3) is 5.69 Å². The number of nitrogens with zero attached hydrogens (tertiary/aromatic N) is 2. The largest absolute Gasteiger partial charge is 0.452 e. The van der Waals surface area contributed by atoms with E-state index in [9.17, 15) is 31.9 Å². The van der Waals surface area contributed by atoms with Gasteiger partial charge in [0.25, 0.3) is 5.56 Å². The van der Waals surface area contributed by atoms with E-state index in [2.05, 4.69) is 0 Å². The van der Waals surface area contributed by atoms with Gasteiger partial charge in [0.15, 0.2) is 11.5 Å². The van der Waals surface area contributed by atoms with Gasteiger partial charge in [-0.25, -0.2) is 13.8 Å². The van der Waals surface area contributed by atoms with E-state index in [4.69, 9.17) is 25.8 Å². The zero-order valence-electron chi connectivity index (χ0n) is 19.8. The summed E-state index contributed by atoms with van der Waals surface area (Å²) < 4.78 is 70.7. The van der Waals surface area contributed by atoms with Crippen molar-refractivity contribution in [2.75, 3.05) is 13.7 Å². The van der Waals surface area contributed by atoms with Crippen molar-refractivity contribution >= 4 is 17.6 Å². The summed E-state index contributed by atoms with van der Waals surface area (Å²) in [5.74, 6) is -2.13. The van der Waals surface area contributed by atoms with Crippen LogP contribution in [-0.4, -0.2) is 28.8 Å². The first-order chi connectivity index (χ1) is 17.3. The first kappa shape index (κ1) is 27.9. The lowest BCUT2D eigenvalue weighted by molar-refractivity contribution is -0.144. The summed E-state index contributed by atoms with van der Waals surface area (Å²) in [6.45, 7) is 2.13. The van der Waals surface area contributed by atoms with Gasteiger partial charge in [-0.1, -0.05) is 30.7 Å². The second-order valence-corrected chi connectivity index (χ2v) is 8.47. The molecular formula is C24H21ClF4N2O6. The molecule has 3 aromatic rings. The monoisotopic (exact) mass is 544 g/mol. The normalized spacial score (nSPS) is 12.3. The van der Waals surface area contributed by atoms with Crippen molar-refractivity contribution < 1.29 is 36.6 Å². The topological polar surface area (TPSA) is 88.8 Å². The highest BCUT2D eigenvalue weighted by Crippen LogP contribution is 2.37. The Labute approximate surface area is 212 Å². The molecule has 2 aromatic carbocycles. The molecule has 1 heterocycles. The lowest BCUT2D eigenvalue weighted by atomic mass is 10.1. The van der Waals surface area contributed by atoms with Gasteiger partial charge in [-0.15, -0.1) is 0 Å². The molecule has 0 radical (unpaired) electrons. The number of halogens is 5. The maximum absolute atomic E-state index is 14.8. The van der Waals surface area contributed by atoms with Crippen molar-refractivity contribution in [3.8, 4) is 22.9 Å². The van der Waals surface area contributed by atoms with Crippen molar-refractivity contribution in [3.05, 3.63) is 79.8 Å². The highest BCUT2D eigenvalue weighted by atomic mass is 35.5. The fourth-order valence-electron chi connectivity index (χ4n) is 3.42. The van der Waals surface area contributed by atoms with Crippen LogP contribution >= 0.6 is 11.6 Å². The first-order valence-corrected chi connectivity index (χ1v) is 11.1. The van der Waals surface area contributed by atoms with Gasteiger partial charge in [0.1, 0.15) is 17.3 Å². The molecule has 0 saturated heterocycles. The van der Waals surface area contributed by atoms with E-state index in [0.29, 0.717) is 6.61 Å². The first-order valence-electron chi connectivity index (χ1n) is 10.7. The molecule has 3 rings (SSSR count). The molecular weight excluding hydrogens is 524 g/mol. The highest BCUT2D eigenvalue weighted by Gasteiger charge is 2.35. The minimum Gasteiger partial charge on any atom is -0.452 e. The number of hydrogen-bond donors (Lipinski definition) is 0. The molecule has 0 saturated carbocycles. The van der Waals surface area contributed by atoms with Gasteiger partial charge in [-0.3, -0.25) is 14.2 Å². The molecule has 0 aliphatic rings. The smallest absolute Gasteiger partial charge is 0.431 e. The summed E-state index contributed by atoms with van der Waals surface area (Å²) in [4.78, 5) is 37.3. The van der Waals surface area contributed by atoms with Crippen molar-refractivity contribution in [1.29, 1.82) is 0 Å². The number of aromatic nitrogens is 2. The molecule has 0 fully saturated rings. The van der Waals surface area contributed by atoms with Crippen molar-refractivity contribution in [2.24, 2.45) is 13.0 Å². The number of ether oxygens (including phenoxy) is 3. The zero-order chi connectivity index (χ0) is 27.5. The predicted molar refractivity (Wildman–Crippen MR) is 125 cm³/mol. The second-order valence-electron chi connectivity index (χ2n) is 8.06. The Balaban J connectivity index is 2.01. The van der Waals surface area contributed by atoms with Gasteiger partial charge >= 0.3 is 17.8 Å². The third-order valence-corrected chi connectivity index (χ3v) is 5.41. The van der Waals surface area contributed by atoms with Gasteiger partial charge in [0.2, 0.25) is 0 Å². The number of rotatable bonds is 8. The zero-order valence-corrected chi connectivity index (χ0v) is 20.5. The number of carbonyl (C=O) groups is 1. The van der Waals surface area contributed by atoms with Gasteiger partial charge < -0.3 is 14.2 Å². The molecule has 0 aliphatic carbocycles. The summed E-state index contributed by atoms with van der Waals surface area (Å²) >= 11 is 6.09. The van der Waals surface area contributed by atoms with Crippen LogP contribution in [0.3, 0.4) is 0 Å². The van der Waals surface area contributed by atoms with Gasteiger partial charge in [0, 0.05) is 32.9 Å². The van der Waals surface area contributed by atoms with E-state index in [1.807, 2.05) is 0 Å². The average Bonchev–Trinajstić information content (AvgIpc) is 2.79.